The number of benzene rings is 1. The van der Waals surface area contributed by atoms with Crippen molar-refractivity contribution in [2.75, 3.05) is 21.3 Å². The lowest BCUT2D eigenvalue weighted by molar-refractivity contribution is 0.161. The molecule has 2 rings (SSSR count). The first kappa shape index (κ1) is 14.6. The van der Waals surface area contributed by atoms with Gasteiger partial charge < -0.3 is 19.2 Å². The Labute approximate surface area is 119 Å². The lowest BCUT2D eigenvalue weighted by atomic mass is 10.0. The van der Waals surface area contributed by atoms with Gasteiger partial charge in [-0.1, -0.05) is 18.2 Å². The molecular formula is C16H21NO3. The first-order valence-corrected chi connectivity index (χ1v) is 6.65. The van der Waals surface area contributed by atoms with Crippen LogP contribution in [-0.4, -0.2) is 21.3 Å². The van der Waals surface area contributed by atoms with Crippen LogP contribution in [0.15, 0.2) is 40.8 Å². The quantitative estimate of drug-likeness (QED) is 0.843. The number of ether oxygens (including phenoxy) is 2. The van der Waals surface area contributed by atoms with Gasteiger partial charge in [0, 0.05) is 7.11 Å². The zero-order valence-corrected chi connectivity index (χ0v) is 12.2. The van der Waals surface area contributed by atoms with Crippen LogP contribution in [0.2, 0.25) is 0 Å². The molecule has 1 heterocycles. The summed E-state index contributed by atoms with van der Waals surface area (Å²) >= 11 is 0. The predicted molar refractivity (Wildman–Crippen MR) is 77.9 cm³/mol. The molecule has 4 heteroatoms. The van der Waals surface area contributed by atoms with Gasteiger partial charge in [-0.05, 0) is 37.2 Å². The van der Waals surface area contributed by atoms with Crippen LogP contribution in [0.5, 0.6) is 5.75 Å². The van der Waals surface area contributed by atoms with E-state index in [2.05, 4.69) is 11.4 Å². The van der Waals surface area contributed by atoms with Gasteiger partial charge in [0.15, 0.2) is 0 Å². The average Bonchev–Trinajstić information content (AvgIpc) is 2.94. The van der Waals surface area contributed by atoms with E-state index >= 15 is 0 Å². The second-order valence-corrected chi connectivity index (χ2v) is 4.59. The van der Waals surface area contributed by atoms with E-state index in [1.807, 2.05) is 37.4 Å². The van der Waals surface area contributed by atoms with Crippen molar-refractivity contribution in [1.29, 1.82) is 0 Å². The van der Waals surface area contributed by atoms with E-state index in [1.54, 1.807) is 14.2 Å². The number of likely N-dealkylation sites (N-methyl/N-ethyl adjacent to an activating group) is 1. The first-order valence-electron chi connectivity index (χ1n) is 6.65. The number of hydrogen-bond donors (Lipinski definition) is 1. The average molecular weight is 275 g/mol. The number of rotatable bonds is 7. The Morgan fingerprint density at radius 3 is 2.65 bits per heavy atom. The van der Waals surface area contributed by atoms with Crippen molar-refractivity contribution in [3.8, 4) is 5.75 Å². The molecule has 0 saturated heterocycles. The summed E-state index contributed by atoms with van der Waals surface area (Å²) in [4.78, 5) is 0. The summed E-state index contributed by atoms with van der Waals surface area (Å²) in [5, 5.41) is 3.28. The molecule has 0 saturated carbocycles. The van der Waals surface area contributed by atoms with E-state index in [0.29, 0.717) is 6.61 Å². The summed E-state index contributed by atoms with van der Waals surface area (Å²) in [6.45, 7) is 0.491. The highest BCUT2D eigenvalue weighted by molar-refractivity contribution is 5.34. The maximum absolute atomic E-state index is 5.79. The van der Waals surface area contributed by atoms with Gasteiger partial charge in [0.2, 0.25) is 0 Å². The number of methoxy groups -OCH3 is 2. The minimum absolute atomic E-state index is 0.108. The van der Waals surface area contributed by atoms with E-state index in [1.165, 1.54) is 0 Å². The summed E-state index contributed by atoms with van der Waals surface area (Å²) in [6.07, 6.45) is 0.806. The largest absolute Gasteiger partial charge is 0.496 e. The van der Waals surface area contributed by atoms with Crippen LogP contribution in [0.1, 0.15) is 23.1 Å². The zero-order valence-electron chi connectivity index (χ0n) is 12.2. The Morgan fingerprint density at radius 1 is 1.15 bits per heavy atom. The van der Waals surface area contributed by atoms with E-state index in [4.69, 9.17) is 13.9 Å². The molecule has 0 fully saturated rings. The molecule has 0 bridgehead atoms. The van der Waals surface area contributed by atoms with Gasteiger partial charge in [0.05, 0.1) is 13.2 Å². The fourth-order valence-electron chi connectivity index (χ4n) is 2.24. The van der Waals surface area contributed by atoms with Crippen LogP contribution in [-0.2, 0) is 17.8 Å². The van der Waals surface area contributed by atoms with Gasteiger partial charge in [0.25, 0.3) is 0 Å². The molecule has 0 amide bonds. The molecule has 20 heavy (non-hydrogen) atoms. The molecule has 1 unspecified atom stereocenters. The smallest absolute Gasteiger partial charge is 0.129 e. The molecule has 4 nitrogen and oxygen atoms in total. The van der Waals surface area contributed by atoms with Crippen molar-refractivity contribution in [1.82, 2.24) is 5.32 Å². The van der Waals surface area contributed by atoms with Crippen LogP contribution in [0, 0.1) is 0 Å². The van der Waals surface area contributed by atoms with Crippen LogP contribution < -0.4 is 10.1 Å². The fraction of sp³-hybridized carbons (Fsp3) is 0.375. The van der Waals surface area contributed by atoms with Gasteiger partial charge in [-0.3, -0.25) is 0 Å². The molecule has 1 N–H and O–H groups in total. The van der Waals surface area contributed by atoms with Gasteiger partial charge in [-0.15, -0.1) is 0 Å². The number of furan rings is 1. The lowest BCUT2D eigenvalue weighted by Gasteiger charge is -2.15. The van der Waals surface area contributed by atoms with Crippen LogP contribution >= 0.6 is 0 Å². The second kappa shape index (κ2) is 7.12. The Hall–Kier alpha value is -1.78. The summed E-state index contributed by atoms with van der Waals surface area (Å²) in [5.41, 5.74) is 1.15. The summed E-state index contributed by atoms with van der Waals surface area (Å²) in [7, 11) is 5.28. The molecule has 0 aliphatic rings. The highest BCUT2D eigenvalue weighted by Crippen LogP contribution is 2.26. The zero-order chi connectivity index (χ0) is 14.4. The SMILES string of the molecule is CNC(Cc1ccccc1OC)c1ccc(COC)o1. The molecule has 1 aromatic heterocycles. The standard InChI is InChI=1S/C16H21NO3/c1-17-14(16-9-8-13(20-16)11-18-2)10-12-6-4-5-7-15(12)19-3/h4-9,14,17H,10-11H2,1-3H3. The Balaban J connectivity index is 2.15. The van der Waals surface area contributed by atoms with Crippen LogP contribution in [0.4, 0.5) is 0 Å². The third-order valence-corrected chi connectivity index (χ3v) is 3.28. The minimum Gasteiger partial charge on any atom is -0.496 e. The van der Waals surface area contributed by atoms with Gasteiger partial charge in [0.1, 0.15) is 23.9 Å². The Bertz CT molecular complexity index is 536. The maximum Gasteiger partial charge on any atom is 0.129 e. The van der Waals surface area contributed by atoms with E-state index in [0.717, 1.165) is 29.3 Å². The van der Waals surface area contributed by atoms with Crippen molar-refractivity contribution in [2.45, 2.75) is 19.1 Å². The van der Waals surface area contributed by atoms with Crippen molar-refractivity contribution in [3.63, 3.8) is 0 Å². The van der Waals surface area contributed by atoms with Crippen molar-refractivity contribution >= 4 is 0 Å². The maximum atomic E-state index is 5.79. The highest BCUT2D eigenvalue weighted by Gasteiger charge is 2.16. The molecule has 108 valence electrons. The third-order valence-electron chi connectivity index (χ3n) is 3.28. The molecule has 0 aliphatic carbocycles. The number of para-hydroxylation sites is 1. The topological polar surface area (TPSA) is 43.6 Å². The first-order chi connectivity index (χ1) is 9.78. The van der Waals surface area contributed by atoms with Gasteiger partial charge in [-0.2, -0.15) is 0 Å². The van der Waals surface area contributed by atoms with Crippen molar-refractivity contribution < 1.29 is 13.9 Å². The summed E-state index contributed by atoms with van der Waals surface area (Å²) in [5.74, 6) is 2.64. The van der Waals surface area contributed by atoms with Crippen LogP contribution in [0.3, 0.4) is 0 Å². The van der Waals surface area contributed by atoms with Gasteiger partial charge >= 0.3 is 0 Å². The molecule has 0 radical (unpaired) electrons. The predicted octanol–water partition coefficient (Wildman–Crippen LogP) is 2.94. The van der Waals surface area contributed by atoms with E-state index in [9.17, 15) is 0 Å². The van der Waals surface area contributed by atoms with E-state index < -0.39 is 0 Å². The molecule has 0 aliphatic heterocycles. The summed E-state index contributed by atoms with van der Waals surface area (Å²) in [6, 6.07) is 12.1. The normalized spacial score (nSPS) is 12.3. The van der Waals surface area contributed by atoms with Crippen molar-refractivity contribution in [3.05, 3.63) is 53.5 Å². The highest BCUT2D eigenvalue weighted by atomic mass is 16.5. The lowest BCUT2D eigenvalue weighted by Crippen LogP contribution is -2.18. The van der Waals surface area contributed by atoms with Crippen molar-refractivity contribution in [2.24, 2.45) is 0 Å². The third kappa shape index (κ3) is 3.40. The molecule has 2 aromatic rings. The molecule has 1 atom stereocenters. The monoisotopic (exact) mass is 275 g/mol. The molecule has 0 spiro atoms. The summed E-state index contributed by atoms with van der Waals surface area (Å²) < 4.78 is 16.3. The number of hydrogen-bond acceptors (Lipinski definition) is 4. The minimum atomic E-state index is 0.108. The molecular weight excluding hydrogens is 254 g/mol. The second-order valence-electron chi connectivity index (χ2n) is 4.59. The fourth-order valence-corrected chi connectivity index (χ4v) is 2.24. The van der Waals surface area contributed by atoms with Gasteiger partial charge in [-0.25, -0.2) is 0 Å². The Morgan fingerprint density at radius 2 is 1.95 bits per heavy atom. The number of nitrogens with one attached hydrogen (secondary N) is 1. The molecule has 1 aromatic carbocycles. The van der Waals surface area contributed by atoms with Crippen LogP contribution in [0.25, 0.3) is 0 Å². The Kier molecular flexibility index (Phi) is 5.21. The van der Waals surface area contributed by atoms with E-state index in [-0.39, 0.29) is 6.04 Å².